The number of fused-ring (bicyclic) bond motifs is 1. The standard InChI is InChI=1S/C17H14O5/c18-14(10-22-16(21)17(8-9-17)15(19)20)13-7-3-5-11-4-1-2-6-12(11)13/h1-7H,8-10H2,(H,19,20). The summed E-state index contributed by atoms with van der Waals surface area (Å²) in [4.78, 5) is 35.1. The molecule has 1 fully saturated rings. The molecular weight excluding hydrogens is 284 g/mol. The van der Waals surface area contributed by atoms with Gasteiger partial charge >= 0.3 is 11.9 Å². The quantitative estimate of drug-likeness (QED) is 0.521. The fourth-order valence-electron chi connectivity index (χ4n) is 2.45. The van der Waals surface area contributed by atoms with E-state index in [0.717, 1.165) is 10.8 Å². The van der Waals surface area contributed by atoms with Gasteiger partial charge in [-0.15, -0.1) is 0 Å². The minimum Gasteiger partial charge on any atom is -0.480 e. The number of carboxylic acids is 1. The first-order chi connectivity index (χ1) is 10.5. The number of Topliss-reactive ketones (excluding diaryl/α,β-unsaturated/α-hetero) is 1. The zero-order chi connectivity index (χ0) is 15.7. The predicted octanol–water partition coefficient (Wildman–Crippen LogP) is 2.43. The monoisotopic (exact) mass is 298 g/mol. The second kappa shape index (κ2) is 5.26. The summed E-state index contributed by atoms with van der Waals surface area (Å²) in [6.45, 7) is -0.443. The normalized spacial score (nSPS) is 15.3. The van der Waals surface area contributed by atoms with Crippen molar-refractivity contribution in [2.24, 2.45) is 5.41 Å². The van der Waals surface area contributed by atoms with E-state index in [1.165, 1.54) is 0 Å². The van der Waals surface area contributed by atoms with Gasteiger partial charge in [0.25, 0.3) is 0 Å². The Labute approximate surface area is 126 Å². The Bertz CT molecular complexity index is 768. The Morgan fingerprint density at radius 2 is 1.73 bits per heavy atom. The maximum atomic E-state index is 12.3. The number of hydrogen-bond donors (Lipinski definition) is 1. The molecule has 2 aromatic rings. The van der Waals surface area contributed by atoms with Gasteiger partial charge in [0.05, 0.1) is 0 Å². The Hall–Kier alpha value is -2.69. The molecule has 1 N–H and O–H groups in total. The summed E-state index contributed by atoms with van der Waals surface area (Å²) in [5, 5.41) is 10.7. The van der Waals surface area contributed by atoms with Crippen molar-refractivity contribution in [3.05, 3.63) is 48.0 Å². The summed E-state index contributed by atoms with van der Waals surface area (Å²) in [5.74, 6) is -2.35. The van der Waals surface area contributed by atoms with E-state index in [9.17, 15) is 14.4 Å². The second-order valence-electron chi connectivity index (χ2n) is 5.41. The van der Waals surface area contributed by atoms with Crippen LogP contribution in [0.4, 0.5) is 0 Å². The maximum absolute atomic E-state index is 12.3. The molecule has 0 bridgehead atoms. The molecule has 22 heavy (non-hydrogen) atoms. The van der Waals surface area contributed by atoms with Crippen LogP contribution in [-0.2, 0) is 14.3 Å². The van der Waals surface area contributed by atoms with Crippen LogP contribution in [0, 0.1) is 5.41 Å². The third-order valence-corrected chi connectivity index (χ3v) is 3.97. The van der Waals surface area contributed by atoms with E-state index in [-0.39, 0.29) is 18.6 Å². The number of rotatable bonds is 5. The number of aliphatic carboxylic acids is 1. The van der Waals surface area contributed by atoms with Crippen LogP contribution in [0.25, 0.3) is 10.8 Å². The number of hydrogen-bond acceptors (Lipinski definition) is 4. The molecule has 112 valence electrons. The lowest BCUT2D eigenvalue weighted by molar-refractivity contribution is -0.160. The highest BCUT2D eigenvalue weighted by molar-refractivity contribution is 6.10. The van der Waals surface area contributed by atoms with Gasteiger partial charge < -0.3 is 9.84 Å². The third-order valence-electron chi connectivity index (χ3n) is 3.97. The highest BCUT2D eigenvalue weighted by Crippen LogP contribution is 2.47. The number of ether oxygens (including phenoxy) is 1. The maximum Gasteiger partial charge on any atom is 0.323 e. The first-order valence-corrected chi connectivity index (χ1v) is 6.96. The highest BCUT2D eigenvalue weighted by Gasteiger charge is 2.58. The topological polar surface area (TPSA) is 80.7 Å². The summed E-state index contributed by atoms with van der Waals surface area (Å²) in [7, 11) is 0. The van der Waals surface area contributed by atoms with Crippen LogP contribution < -0.4 is 0 Å². The molecule has 0 amide bonds. The van der Waals surface area contributed by atoms with Gasteiger partial charge in [-0.05, 0) is 23.6 Å². The summed E-state index contributed by atoms with van der Waals surface area (Å²) >= 11 is 0. The van der Waals surface area contributed by atoms with Crippen molar-refractivity contribution in [3.8, 4) is 0 Å². The largest absolute Gasteiger partial charge is 0.480 e. The van der Waals surface area contributed by atoms with Crippen LogP contribution >= 0.6 is 0 Å². The molecule has 0 aromatic heterocycles. The van der Waals surface area contributed by atoms with Crippen molar-refractivity contribution in [2.45, 2.75) is 12.8 Å². The molecule has 1 saturated carbocycles. The van der Waals surface area contributed by atoms with Gasteiger partial charge in [0, 0.05) is 5.56 Å². The van der Waals surface area contributed by atoms with Crippen LogP contribution in [0.3, 0.4) is 0 Å². The zero-order valence-corrected chi connectivity index (χ0v) is 11.7. The lowest BCUT2D eigenvalue weighted by atomic mass is 10.0. The molecule has 2 aromatic carbocycles. The molecule has 5 nitrogen and oxygen atoms in total. The number of ketones is 1. The van der Waals surface area contributed by atoms with E-state index < -0.39 is 24.0 Å². The molecule has 0 saturated heterocycles. The number of esters is 1. The van der Waals surface area contributed by atoms with Gasteiger partial charge in [-0.1, -0.05) is 42.5 Å². The fraction of sp³-hybridized carbons (Fsp3) is 0.235. The van der Waals surface area contributed by atoms with Gasteiger partial charge in [-0.3, -0.25) is 14.4 Å². The van der Waals surface area contributed by atoms with Crippen molar-refractivity contribution >= 4 is 28.5 Å². The van der Waals surface area contributed by atoms with E-state index >= 15 is 0 Å². The van der Waals surface area contributed by atoms with Gasteiger partial charge in [-0.2, -0.15) is 0 Å². The van der Waals surface area contributed by atoms with E-state index in [4.69, 9.17) is 9.84 Å². The van der Waals surface area contributed by atoms with Crippen molar-refractivity contribution in [1.82, 2.24) is 0 Å². The molecule has 0 atom stereocenters. The third kappa shape index (κ3) is 2.35. The van der Waals surface area contributed by atoms with Crippen molar-refractivity contribution in [1.29, 1.82) is 0 Å². The molecule has 0 heterocycles. The summed E-state index contributed by atoms with van der Waals surface area (Å²) in [6.07, 6.45) is 0.535. The van der Waals surface area contributed by atoms with Crippen LogP contribution in [0.1, 0.15) is 23.2 Å². The Morgan fingerprint density at radius 1 is 1.05 bits per heavy atom. The number of carbonyl (C=O) groups excluding carboxylic acids is 2. The summed E-state index contributed by atoms with van der Waals surface area (Å²) in [5.41, 5.74) is -0.968. The Kier molecular flexibility index (Phi) is 3.41. The summed E-state index contributed by atoms with van der Waals surface area (Å²) in [6, 6.07) is 12.7. The van der Waals surface area contributed by atoms with Gasteiger partial charge in [0.1, 0.15) is 0 Å². The first-order valence-electron chi connectivity index (χ1n) is 6.96. The first kappa shape index (κ1) is 14.3. The van der Waals surface area contributed by atoms with E-state index in [0.29, 0.717) is 5.56 Å². The Balaban J connectivity index is 1.75. The molecule has 0 aliphatic heterocycles. The molecule has 0 unspecified atom stereocenters. The van der Waals surface area contributed by atoms with Gasteiger partial charge in [0.15, 0.2) is 12.0 Å². The average Bonchev–Trinajstić information content (AvgIpc) is 3.33. The SMILES string of the molecule is O=C(COC(=O)C1(C(=O)O)CC1)c1cccc2ccccc12. The summed E-state index contributed by atoms with van der Waals surface area (Å²) < 4.78 is 4.93. The molecule has 0 radical (unpaired) electrons. The number of carbonyl (C=O) groups is 3. The molecule has 1 aliphatic carbocycles. The number of carboxylic acid groups (broad SMARTS) is 1. The van der Waals surface area contributed by atoms with E-state index in [1.54, 1.807) is 12.1 Å². The van der Waals surface area contributed by atoms with Crippen molar-refractivity contribution < 1.29 is 24.2 Å². The molecule has 1 aliphatic rings. The lowest BCUT2D eigenvalue weighted by Crippen LogP contribution is -2.29. The second-order valence-corrected chi connectivity index (χ2v) is 5.41. The van der Waals surface area contributed by atoms with Crippen LogP contribution in [0.15, 0.2) is 42.5 Å². The van der Waals surface area contributed by atoms with Crippen molar-refractivity contribution in [3.63, 3.8) is 0 Å². The van der Waals surface area contributed by atoms with E-state index in [1.807, 2.05) is 30.3 Å². The minimum atomic E-state index is -1.43. The number of benzene rings is 2. The van der Waals surface area contributed by atoms with Crippen LogP contribution in [-0.4, -0.2) is 29.4 Å². The molecule has 3 rings (SSSR count). The van der Waals surface area contributed by atoms with E-state index in [2.05, 4.69) is 0 Å². The minimum absolute atomic E-state index is 0.267. The fourth-order valence-corrected chi connectivity index (χ4v) is 2.45. The smallest absolute Gasteiger partial charge is 0.323 e. The van der Waals surface area contributed by atoms with Crippen molar-refractivity contribution in [2.75, 3.05) is 6.61 Å². The van der Waals surface area contributed by atoms with Crippen LogP contribution in [0.5, 0.6) is 0 Å². The Morgan fingerprint density at radius 3 is 2.41 bits per heavy atom. The van der Waals surface area contributed by atoms with Gasteiger partial charge in [0.2, 0.25) is 5.78 Å². The average molecular weight is 298 g/mol. The lowest BCUT2D eigenvalue weighted by Gasteiger charge is -2.10. The molecular formula is C17H14O5. The molecule has 5 heteroatoms. The predicted molar refractivity (Wildman–Crippen MR) is 78.5 cm³/mol. The van der Waals surface area contributed by atoms with Gasteiger partial charge in [-0.25, -0.2) is 0 Å². The zero-order valence-electron chi connectivity index (χ0n) is 11.7. The highest BCUT2D eigenvalue weighted by atomic mass is 16.5. The van der Waals surface area contributed by atoms with Crippen LogP contribution in [0.2, 0.25) is 0 Å². The molecule has 0 spiro atoms.